The molecule has 26 heavy (non-hydrogen) atoms. The van der Waals surface area contributed by atoms with E-state index in [-0.39, 0.29) is 12.5 Å². The Morgan fingerprint density at radius 1 is 1.31 bits per heavy atom. The van der Waals surface area contributed by atoms with Gasteiger partial charge in [0, 0.05) is 35.2 Å². The number of aromatic nitrogens is 4. The molecule has 1 aromatic carbocycles. The quantitative estimate of drug-likeness (QED) is 0.512. The van der Waals surface area contributed by atoms with Crippen LogP contribution in [0.5, 0.6) is 0 Å². The normalized spacial score (nSPS) is 11.1. The summed E-state index contributed by atoms with van der Waals surface area (Å²) in [6.07, 6.45) is 3.84. The summed E-state index contributed by atoms with van der Waals surface area (Å²) in [6.45, 7) is 0.213. The summed E-state index contributed by atoms with van der Waals surface area (Å²) >= 11 is 1.49. The first kappa shape index (κ1) is 16.5. The first-order valence-electron chi connectivity index (χ1n) is 8.10. The van der Waals surface area contributed by atoms with Crippen LogP contribution in [0.1, 0.15) is 5.89 Å². The fourth-order valence-corrected chi connectivity index (χ4v) is 3.52. The van der Waals surface area contributed by atoms with Crippen molar-refractivity contribution < 1.29 is 9.32 Å². The summed E-state index contributed by atoms with van der Waals surface area (Å²) in [6, 6.07) is 11.8. The van der Waals surface area contributed by atoms with E-state index in [1.807, 2.05) is 60.4 Å². The number of carbonyl (C=O) groups is 1. The Labute approximate surface area is 153 Å². The van der Waals surface area contributed by atoms with Gasteiger partial charge in [0.25, 0.3) is 0 Å². The summed E-state index contributed by atoms with van der Waals surface area (Å²) in [5.74, 6) is 1.13. The molecule has 0 aliphatic heterocycles. The number of carbonyl (C=O) groups excluding carboxylic acids is 1. The number of nitrogens with one attached hydrogen (secondary N) is 2. The van der Waals surface area contributed by atoms with E-state index in [1.165, 1.54) is 11.8 Å². The molecule has 4 aromatic rings. The molecule has 8 heteroatoms. The Bertz CT molecular complexity index is 1050. The van der Waals surface area contributed by atoms with E-state index in [2.05, 4.69) is 20.4 Å². The number of hydrogen-bond donors (Lipinski definition) is 2. The number of amides is 1. The molecule has 0 aliphatic rings. The molecule has 0 bridgehead atoms. The standard InChI is InChI=1S/C18H17N5O2S/c1-23-8-4-7-14(23)18-21-17(25-22-18)10-20-16(24)11-26-15-9-19-13-6-3-2-5-12(13)15/h2-9,19H,10-11H2,1H3,(H,20,24). The number of H-pyrrole nitrogens is 1. The van der Waals surface area contributed by atoms with Crippen LogP contribution in [-0.4, -0.2) is 31.4 Å². The van der Waals surface area contributed by atoms with E-state index in [0.29, 0.717) is 17.5 Å². The molecule has 0 spiro atoms. The molecular formula is C18H17N5O2S. The van der Waals surface area contributed by atoms with Gasteiger partial charge in [-0.05, 0) is 18.2 Å². The molecule has 0 fully saturated rings. The molecule has 7 nitrogen and oxygen atoms in total. The Morgan fingerprint density at radius 2 is 2.19 bits per heavy atom. The van der Waals surface area contributed by atoms with Crippen LogP contribution >= 0.6 is 11.8 Å². The minimum absolute atomic E-state index is 0.0844. The monoisotopic (exact) mass is 367 g/mol. The molecular weight excluding hydrogens is 350 g/mol. The van der Waals surface area contributed by atoms with Gasteiger partial charge in [-0.2, -0.15) is 4.98 Å². The predicted molar refractivity (Wildman–Crippen MR) is 99.6 cm³/mol. The van der Waals surface area contributed by atoms with Gasteiger partial charge in [-0.3, -0.25) is 4.79 Å². The van der Waals surface area contributed by atoms with Gasteiger partial charge in [-0.1, -0.05) is 23.4 Å². The maximum Gasteiger partial charge on any atom is 0.246 e. The van der Waals surface area contributed by atoms with Crippen LogP contribution in [0.15, 0.2) is 58.2 Å². The highest BCUT2D eigenvalue weighted by Crippen LogP contribution is 2.27. The smallest absolute Gasteiger partial charge is 0.246 e. The summed E-state index contributed by atoms with van der Waals surface area (Å²) in [7, 11) is 1.91. The third-order valence-electron chi connectivity index (χ3n) is 3.99. The zero-order valence-electron chi connectivity index (χ0n) is 14.1. The predicted octanol–water partition coefficient (Wildman–Crippen LogP) is 2.96. The third-order valence-corrected chi connectivity index (χ3v) is 5.04. The van der Waals surface area contributed by atoms with Gasteiger partial charge in [0.2, 0.25) is 17.6 Å². The van der Waals surface area contributed by atoms with Gasteiger partial charge in [0.15, 0.2) is 0 Å². The van der Waals surface area contributed by atoms with Crippen LogP contribution < -0.4 is 5.32 Å². The average Bonchev–Trinajstić information content (AvgIpc) is 3.37. The molecule has 0 unspecified atom stereocenters. The number of aryl methyl sites for hydroxylation is 1. The number of fused-ring (bicyclic) bond motifs is 1. The molecule has 3 heterocycles. The molecule has 1 amide bonds. The van der Waals surface area contributed by atoms with Crippen LogP contribution in [0.3, 0.4) is 0 Å². The summed E-state index contributed by atoms with van der Waals surface area (Å²) in [5, 5.41) is 7.88. The summed E-state index contributed by atoms with van der Waals surface area (Å²) in [5.41, 5.74) is 1.93. The highest BCUT2D eigenvalue weighted by atomic mass is 32.2. The van der Waals surface area contributed by atoms with Crippen LogP contribution in [-0.2, 0) is 18.4 Å². The molecule has 0 radical (unpaired) electrons. The van der Waals surface area contributed by atoms with Gasteiger partial charge >= 0.3 is 0 Å². The van der Waals surface area contributed by atoms with Gasteiger partial charge in [0.1, 0.15) is 0 Å². The second kappa shape index (κ2) is 7.09. The SMILES string of the molecule is Cn1cccc1-c1noc(CNC(=O)CSc2c[nH]c3ccccc23)n1. The zero-order valence-corrected chi connectivity index (χ0v) is 14.9. The van der Waals surface area contributed by atoms with Gasteiger partial charge in [-0.25, -0.2) is 0 Å². The number of aromatic amines is 1. The van der Waals surface area contributed by atoms with E-state index in [0.717, 1.165) is 21.5 Å². The molecule has 132 valence electrons. The fourth-order valence-electron chi connectivity index (χ4n) is 2.66. The van der Waals surface area contributed by atoms with Gasteiger partial charge in [-0.15, -0.1) is 11.8 Å². The van der Waals surface area contributed by atoms with Crippen molar-refractivity contribution in [3.05, 3.63) is 54.7 Å². The topological polar surface area (TPSA) is 88.7 Å². The second-order valence-corrected chi connectivity index (χ2v) is 6.80. The third kappa shape index (κ3) is 3.36. The van der Waals surface area contributed by atoms with Crippen molar-refractivity contribution in [2.24, 2.45) is 7.05 Å². The first-order valence-corrected chi connectivity index (χ1v) is 9.09. The van der Waals surface area contributed by atoms with Gasteiger partial charge < -0.3 is 19.4 Å². The highest BCUT2D eigenvalue weighted by Gasteiger charge is 2.12. The number of benzene rings is 1. The number of thioether (sulfide) groups is 1. The number of rotatable bonds is 6. The number of hydrogen-bond acceptors (Lipinski definition) is 5. The van der Waals surface area contributed by atoms with Crippen molar-refractivity contribution in [3.8, 4) is 11.5 Å². The summed E-state index contributed by atoms with van der Waals surface area (Å²) in [4.78, 5) is 20.7. The van der Waals surface area contributed by atoms with E-state index in [4.69, 9.17) is 4.52 Å². The molecule has 4 rings (SSSR count). The Kier molecular flexibility index (Phi) is 4.49. The van der Waals surface area contributed by atoms with Crippen molar-refractivity contribution in [3.63, 3.8) is 0 Å². The van der Waals surface area contributed by atoms with Crippen LogP contribution in [0.4, 0.5) is 0 Å². The highest BCUT2D eigenvalue weighted by molar-refractivity contribution is 8.00. The van der Waals surface area contributed by atoms with E-state index < -0.39 is 0 Å². The van der Waals surface area contributed by atoms with Crippen molar-refractivity contribution in [1.82, 2.24) is 25.0 Å². The molecule has 2 N–H and O–H groups in total. The maximum atomic E-state index is 12.1. The second-order valence-electron chi connectivity index (χ2n) is 5.78. The van der Waals surface area contributed by atoms with Crippen molar-refractivity contribution >= 4 is 28.6 Å². The van der Waals surface area contributed by atoms with Crippen LogP contribution in [0, 0.1) is 0 Å². The van der Waals surface area contributed by atoms with E-state index in [1.54, 1.807) is 0 Å². The lowest BCUT2D eigenvalue weighted by molar-refractivity contribution is -0.118. The van der Waals surface area contributed by atoms with Crippen molar-refractivity contribution in [2.45, 2.75) is 11.4 Å². The average molecular weight is 367 g/mol. The number of nitrogens with zero attached hydrogens (tertiary/aromatic N) is 3. The number of para-hydroxylation sites is 1. The molecule has 3 aromatic heterocycles. The molecule has 0 saturated carbocycles. The largest absolute Gasteiger partial charge is 0.360 e. The summed E-state index contributed by atoms with van der Waals surface area (Å²) < 4.78 is 7.11. The Hall–Kier alpha value is -3.00. The minimum atomic E-state index is -0.0844. The Balaban J connectivity index is 1.32. The van der Waals surface area contributed by atoms with Crippen LogP contribution in [0.2, 0.25) is 0 Å². The Morgan fingerprint density at radius 3 is 3.04 bits per heavy atom. The zero-order chi connectivity index (χ0) is 17.9. The van der Waals surface area contributed by atoms with E-state index >= 15 is 0 Å². The van der Waals surface area contributed by atoms with E-state index in [9.17, 15) is 4.79 Å². The molecule has 0 saturated heterocycles. The molecule has 0 atom stereocenters. The van der Waals surface area contributed by atoms with Crippen molar-refractivity contribution in [1.29, 1.82) is 0 Å². The lowest BCUT2D eigenvalue weighted by atomic mass is 10.2. The molecule has 0 aliphatic carbocycles. The lowest BCUT2D eigenvalue weighted by Gasteiger charge is -2.02. The minimum Gasteiger partial charge on any atom is -0.360 e. The fraction of sp³-hybridized carbons (Fsp3) is 0.167. The first-order chi connectivity index (χ1) is 12.7. The van der Waals surface area contributed by atoms with Gasteiger partial charge in [0.05, 0.1) is 18.0 Å². The van der Waals surface area contributed by atoms with Crippen LogP contribution in [0.25, 0.3) is 22.4 Å². The lowest BCUT2D eigenvalue weighted by Crippen LogP contribution is -2.24. The maximum absolute atomic E-state index is 12.1. The van der Waals surface area contributed by atoms with Crippen molar-refractivity contribution in [2.75, 3.05) is 5.75 Å².